The summed E-state index contributed by atoms with van der Waals surface area (Å²) in [5.74, 6) is -0.136. The first-order chi connectivity index (χ1) is 11.2. The molecule has 126 valence electrons. The number of anilines is 1. The van der Waals surface area contributed by atoms with Gasteiger partial charge < -0.3 is 19.5 Å². The molecular weight excluding hydrogens is 293 g/mol. The summed E-state index contributed by atoms with van der Waals surface area (Å²) in [7, 11) is 0. The van der Waals surface area contributed by atoms with Crippen LogP contribution in [-0.2, 0) is 11.2 Å². The highest BCUT2D eigenvalue weighted by Gasteiger charge is 2.17. The van der Waals surface area contributed by atoms with Gasteiger partial charge >= 0.3 is 0 Å². The summed E-state index contributed by atoms with van der Waals surface area (Å²) in [6.07, 6.45) is 2.97. The van der Waals surface area contributed by atoms with E-state index in [0.717, 1.165) is 50.0 Å². The fourth-order valence-electron chi connectivity index (χ4n) is 3.26. The van der Waals surface area contributed by atoms with Crippen LogP contribution in [0.2, 0.25) is 0 Å². The number of halogens is 1. The maximum absolute atomic E-state index is 14.6. The van der Waals surface area contributed by atoms with Crippen LogP contribution in [0.25, 0.3) is 10.9 Å². The highest BCUT2D eigenvalue weighted by molar-refractivity contribution is 5.86. The first-order valence-corrected chi connectivity index (χ1v) is 8.57. The average molecular weight is 319 g/mol. The molecule has 1 aliphatic rings. The third-order valence-electron chi connectivity index (χ3n) is 4.78. The molecule has 1 N–H and O–H groups in total. The van der Waals surface area contributed by atoms with Gasteiger partial charge in [0.2, 0.25) is 0 Å². The van der Waals surface area contributed by atoms with Crippen molar-refractivity contribution in [1.29, 1.82) is 0 Å². The molecule has 1 fully saturated rings. The number of ether oxygens (including phenoxy) is 1. The van der Waals surface area contributed by atoms with Gasteiger partial charge in [-0.1, -0.05) is 13.8 Å². The first kappa shape index (κ1) is 16.3. The number of rotatable bonds is 6. The summed E-state index contributed by atoms with van der Waals surface area (Å²) in [4.78, 5) is 7.76. The molecular formula is C18H26FN3O. The van der Waals surface area contributed by atoms with Crippen molar-refractivity contribution in [2.24, 2.45) is 0 Å². The minimum atomic E-state index is -0.136. The molecule has 0 unspecified atom stereocenters. The van der Waals surface area contributed by atoms with Crippen molar-refractivity contribution in [2.45, 2.75) is 20.3 Å². The maximum atomic E-state index is 14.6. The van der Waals surface area contributed by atoms with E-state index in [9.17, 15) is 4.39 Å². The Kier molecular flexibility index (Phi) is 5.18. The zero-order chi connectivity index (χ0) is 16.2. The van der Waals surface area contributed by atoms with Crippen LogP contribution in [0, 0.1) is 5.82 Å². The third kappa shape index (κ3) is 3.51. The molecule has 2 aromatic rings. The van der Waals surface area contributed by atoms with Crippen LogP contribution < -0.4 is 4.90 Å². The summed E-state index contributed by atoms with van der Waals surface area (Å²) in [5.41, 5.74) is 2.89. The van der Waals surface area contributed by atoms with Crippen molar-refractivity contribution in [2.75, 3.05) is 50.8 Å². The number of hydrogen-bond donors (Lipinski definition) is 1. The normalized spacial score (nSPS) is 15.7. The van der Waals surface area contributed by atoms with E-state index in [4.69, 9.17) is 4.74 Å². The van der Waals surface area contributed by atoms with Gasteiger partial charge in [0.1, 0.15) is 5.82 Å². The Morgan fingerprint density at radius 1 is 1.22 bits per heavy atom. The number of aromatic amines is 1. The Hall–Kier alpha value is -1.59. The minimum Gasteiger partial charge on any atom is -0.378 e. The van der Waals surface area contributed by atoms with Gasteiger partial charge in [-0.15, -0.1) is 0 Å². The van der Waals surface area contributed by atoms with Crippen LogP contribution in [0.3, 0.4) is 0 Å². The molecule has 0 radical (unpaired) electrons. The van der Waals surface area contributed by atoms with Crippen LogP contribution in [0.1, 0.15) is 19.4 Å². The zero-order valence-corrected chi connectivity index (χ0v) is 14.1. The second-order valence-electron chi connectivity index (χ2n) is 6.04. The van der Waals surface area contributed by atoms with Crippen molar-refractivity contribution in [3.63, 3.8) is 0 Å². The number of likely N-dealkylation sites (N-methyl/N-ethyl adjacent to an activating group) is 1. The van der Waals surface area contributed by atoms with Gasteiger partial charge in [-0.2, -0.15) is 0 Å². The number of nitrogens with zero attached hydrogens (tertiary/aromatic N) is 2. The van der Waals surface area contributed by atoms with Crippen molar-refractivity contribution >= 4 is 16.6 Å². The average Bonchev–Trinajstić information content (AvgIpc) is 2.98. The molecule has 0 spiro atoms. The van der Waals surface area contributed by atoms with Gasteiger partial charge in [0.15, 0.2) is 0 Å². The predicted molar refractivity (Wildman–Crippen MR) is 92.8 cm³/mol. The number of aromatic nitrogens is 1. The van der Waals surface area contributed by atoms with Gasteiger partial charge in [0, 0.05) is 36.7 Å². The standard InChI is InChI=1S/C18H26FN3O/c1-3-21(4-2)6-5-14-13-20-17-12-18(16(19)11-15(14)17)22-7-9-23-10-8-22/h11-13,20H,3-10H2,1-2H3. The summed E-state index contributed by atoms with van der Waals surface area (Å²) < 4.78 is 19.9. The minimum absolute atomic E-state index is 0.136. The fraction of sp³-hybridized carbons (Fsp3) is 0.556. The maximum Gasteiger partial charge on any atom is 0.147 e. The van der Waals surface area contributed by atoms with E-state index in [1.165, 1.54) is 5.56 Å². The number of benzene rings is 1. The SMILES string of the molecule is CCN(CC)CCc1c[nH]c2cc(N3CCOCC3)c(F)cc12. The van der Waals surface area contributed by atoms with E-state index in [-0.39, 0.29) is 5.82 Å². The quantitative estimate of drug-likeness (QED) is 0.888. The second-order valence-corrected chi connectivity index (χ2v) is 6.04. The predicted octanol–water partition coefficient (Wildman–Crippen LogP) is 3.03. The van der Waals surface area contributed by atoms with E-state index in [2.05, 4.69) is 28.6 Å². The lowest BCUT2D eigenvalue weighted by Crippen LogP contribution is -2.36. The molecule has 0 aliphatic carbocycles. The Bertz CT molecular complexity index is 645. The topological polar surface area (TPSA) is 31.5 Å². The lowest BCUT2D eigenvalue weighted by Gasteiger charge is -2.29. The van der Waals surface area contributed by atoms with Crippen molar-refractivity contribution in [3.8, 4) is 0 Å². The highest BCUT2D eigenvalue weighted by Crippen LogP contribution is 2.28. The highest BCUT2D eigenvalue weighted by atomic mass is 19.1. The van der Waals surface area contributed by atoms with Crippen LogP contribution >= 0.6 is 0 Å². The summed E-state index contributed by atoms with van der Waals surface area (Å²) in [6.45, 7) is 10.3. The molecule has 4 nitrogen and oxygen atoms in total. The lowest BCUT2D eigenvalue weighted by atomic mass is 10.1. The van der Waals surface area contributed by atoms with Gasteiger partial charge in [0.25, 0.3) is 0 Å². The monoisotopic (exact) mass is 319 g/mol. The van der Waals surface area contributed by atoms with Crippen LogP contribution in [0.5, 0.6) is 0 Å². The van der Waals surface area contributed by atoms with Gasteiger partial charge in [0.05, 0.1) is 18.9 Å². The Morgan fingerprint density at radius 3 is 2.65 bits per heavy atom. The molecule has 0 amide bonds. The molecule has 0 saturated carbocycles. The van der Waals surface area contributed by atoms with E-state index in [0.29, 0.717) is 18.9 Å². The molecule has 1 aromatic carbocycles. The smallest absolute Gasteiger partial charge is 0.147 e. The van der Waals surface area contributed by atoms with E-state index in [1.54, 1.807) is 6.07 Å². The molecule has 0 atom stereocenters. The van der Waals surface area contributed by atoms with Gasteiger partial charge in [-0.05, 0) is 37.2 Å². The Balaban J connectivity index is 1.82. The van der Waals surface area contributed by atoms with Crippen molar-refractivity contribution < 1.29 is 9.13 Å². The second kappa shape index (κ2) is 7.32. The number of fused-ring (bicyclic) bond motifs is 1. The molecule has 1 aromatic heterocycles. The summed E-state index contributed by atoms with van der Waals surface area (Å²) in [6, 6.07) is 3.63. The molecule has 23 heavy (non-hydrogen) atoms. The van der Waals surface area contributed by atoms with Crippen LogP contribution in [0.4, 0.5) is 10.1 Å². The van der Waals surface area contributed by atoms with Crippen LogP contribution in [-0.4, -0.2) is 55.8 Å². The zero-order valence-electron chi connectivity index (χ0n) is 14.1. The van der Waals surface area contributed by atoms with E-state index < -0.39 is 0 Å². The fourth-order valence-corrected chi connectivity index (χ4v) is 3.26. The lowest BCUT2D eigenvalue weighted by molar-refractivity contribution is 0.122. The number of nitrogens with one attached hydrogen (secondary N) is 1. The van der Waals surface area contributed by atoms with Crippen molar-refractivity contribution in [1.82, 2.24) is 9.88 Å². The molecule has 2 heterocycles. The molecule has 1 saturated heterocycles. The third-order valence-corrected chi connectivity index (χ3v) is 4.78. The van der Waals surface area contributed by atoms with Gasteiger partial charge in [-0.25, -0.2) is 4.39 Å². The number of morpholine rings is 1. The Labute approximate surface area is 137 Å². The van der Waals surface area contributed by atoms with Crippen LogP contribution in [0.15, 0.2) is 18.3 Å². The number of hydrogen-bond acceptors (Lipinski definition) is 3. The number of H-pyrrole nitrogens is 1. The summed E-state index contributed by atoms with van der Waals surface area (Å²) in [5, 5.41) is 1.01. The first-order valence-electron chi connectivity index (χ1n) is 8.57. The summed E-state index contributed by atoms with van der Waals surface area (Å²) >= 11 is 0. The largest absolute Gasteiger partial charge is 0.378 e. The molecule has 3 rings (SSSR count). The van der Waals surface area contributed by atoms with Crippen molar-refractivity contribution in [3.05, 3.63) is 29.7 Å². The van der Waals surface area contributed by atoms with E-state index in [1.807, 2.05) is 12.3 Å². The molecule has 1 aliphatic heterocycles. The Morgan fingerprint density at radius 2 is 1.96 bits per heavy atom. The van der Waals surface area contributed by atoms with Gasteiger partial charge in [-0.3, -0.25) is 0 Å². The molecule has 5 heteroatoms. The van der Waals surface area contributed by atoms with E-state index >= 15 is 0 Å². The molecule has 0 bridgehead atoms.